The quantitative estimate of drug-likeness (QED) is 0.684. The number of carbonyl (C=O) groups is 2. The van der Waals surface area contributed by atoms with E-state index in [-0.39, 0.29) is 11.1 Å². The number of fused-ring (bicyclic) bond motifs is 1. The summed E-state index contributed by atoms with van der Waals surface area (Å²) in [4.78, 5) is 39.6. The molecule has 4 rings (SSSR count). The van der Waals surface area contributed by atoms with Crippen LogP contribution in [0, 0.1) is 0 Å². The molecule has 0 radical (unpaired) electrons. The standard InChI is InChI=1S/C15H9N5O2/c21-14-11(9-6-8-2-1-3-18-13(8)19-9)12(15(22)20-14)10-7-16-4-5-17-10/h1-7H,(H,18,19)(H,20,21,22). The highest BCUT2D eigenvalue weighted by Gasteiger charge is 2.33. The van der Waals surface area contributed by atoms with Crippen molar-refractivity contribution in [2.45, 2.75) is 0 Å². The van der Waals surface area contributed by atoms with Crippen LogP contribution >= 0.6 is 0 Å². The van der Waals surface area contributed by atoms with Crippen molar-refractivity contribution in [3.63, 3.8) is 0 Å². The molecule has 0 saturated heterocycles. The van der Waals surface area contributed by atoms with Crippen LogP contribution in [0.15, 0.2) is 43.0 Å². The van der Waals surface area contributed by atoms with Crippen LogP contribution in [0.3, 0.4) is 0 Å². The lowest BCUT2D eigenvalue weighted by Crippen LogP contribution is -2.23. The highest BCUT2D eigenvalue weighted by Crippen LogP contribution is 2.30. The maximum atomic E-state index is 12.2. The summed E-state index contributed by atoms with van der Waals surface area (Å²) in [6.07, 6.45) is 6.09. The first kappa shape index (κ1) is 12.4. The summed E-state index contributed by atoms with van der Waals surface area (Å²) < 4.78 is 0. The summed E-state index contributed by atoms with van der Waals surface area (Å²) >= 11 is 0. The molecule has 1 aliphatic heterocycles. The summed E-state index contributed by atoms with van der Waals surface area (Å²) in [5.74, 6) is -0.940. The van der Waals surface area contributed by atoms with Gasteiger partial charge in [-0.05, 0) is 18.2 Å². The van der Waals surface area contributed by atoms with Gasteiger partial charge in [-0.2, -0.15) is 0 Å². The van der Waals surface area contributed by atoms with Crippen LogP contribution in [0.25, 0.3) is 22.2 Å². The first-order valence-electron chi connectivity index (χ1n) is 6.54. The predicted octanol–water partition coefficient (Wildman–Crippen LogP) is 0.920. The van der Waals surface area contributed by atoms with Crippen molar-refractivity contribution >= 4 is 34.0 Å². The number of rotatable bonds is 2. The molecular weight excluding hydrogens is 282 g/mol. The Hall–Kier alpha value is -3.35. The van der Waals surface area contributed by atoms with Gasteiger partial charge in [-0.15, -0.1) is 0 Å². The smallest absolute Gasteiger partial charge is 0.261 e. The molecule has 2 amide bonds. The lowest BCUT2D eigenvalue weighted by molar-refractivity contribution is -0.122. The van der Waals surface area contributed by atoms with Crippen molar-refractivity contribution < 1.29 is 9.59 Å². The monoisotopic (exact) mass is 291 g/mol. The van der Waals surface area contributed by atoms with Gasteiger partial charge in [-0.3, -0.25) is 24.9 Å². The number of aromatic amines is 1. The molecule has 2 N–H and O–H groups in total. The normalized spacial score (nSPS) is 14.7. The summed E-state index contributed by atoms with van der Waals surface area (Å²) in [6.45, 7) is 0. The Balaban J connectivity index is 1.98. The molecule has 0 bridgehead atoms. The Morgan fingerprint density at radius 1 is 0.955 bits per heavy atom. The van der Waals surface area contributed by atoms with Gasteiger partial charge in [-0.25, -0.2) is 4.98 Å². The van der Waals surface area contributed by atoms with Crippen molar-refractivity contribution in [3.8, 4) is 0 Å². The number of pyridine rings is 1. The molecule has 7 heteroatoms. The Morgan fingerprint density at radius 2 is 1.82 bits per heavy atom. The SMILES string of the molecule is O=C1NC(=O)C(c2cc3cccnc3[nH]2)=C1c1cnccn1. The van der Waals surface area contributed by atoms with Crippen LogP contribution < -0.4 is 5.32 Å². The van der Waals surface area contributed by atoms with Gasteiger partial charge < -0.3 is 4.98 Å². The molecule has 0 aliphatic carbocycles. The zero-order valence-corrected chi connectivity index (χ0v) is 11.2. The second-order valence-electron chi connectivity index (χ2n) is 4.75. The molecule has 0 aromatic carbocycles. The number of nitrogens with zero attached hydrogens (tertiary/aromatic N) is 3. The van der Waals surface area contributed by atoms with E-state index in [1.54, 1.807) is 18.3 Å². The lowest BCUT2D eigenvalue weighted by Gasteiger charge is -2.00. The van der Waals surface area contributed by atoms with Crippen molar-refractivity contribution in [3.05, 3.63) is 54.4 Å². The van der Waals surface area contributed by atoms with Gasteiger partial charge in [0.2, 0.25) is 0 Å². The van der Waals surface area contributed by atoms with Gasteiger partial charge in [-0.1, -0.05) is 0 Å². The number of carbonyl (C=O) groups excluding carboxylic acids is 2. The Labute approximate surface area is 124 Å². The molecule has 7 nitrogen and oxygen atoms in total. The van der Waals surface area contributed by atoms with Crippen LogP contribution in [0.5, 0.6) is 0 Å². The van der Waals surface area contributed by atoms with E-state index in [1.807, 2.05) is 6.07 Å². The van der Waals surface area contributed by atoms with E-state index in [1.165, 1.54) is 18.6 Å². The number of H-pyrrole nitrogens is 1. The van der Waals surface area contributed by atoms with Crippen molar-refractivity contribution in [2.75, 3.05) is 0 Å². The first-order chi connectivity index (χ1) is 10.7. The van der Waals surface area contributed by atoms with Gasteiger partial charge in [0.1, 0.15) is 5.65 Å². The van der Waals surface area contributed by atoms with Crippen molar-refractivity contribution in [1.29, 1.82) is 0 Å². The first-order valence-corrected chi connectivity index (χ1v) is 6.54. The number of hydrogen-bond donors (Lipinski definition) is 2. The highest BCUT2D eigenvalue weighted by molar-refractivity contribution is 6.48. The third-order valence-electron chi connectivity index (χ3n) is 3.41. The summed E-state index contributed by atoms with van der Waals surface area (Å²) in [6, 6.07) is 5.46. The number of nitrogens with one attached hydrogen (secondary N) is 2. The molecule has 0 atom stereocenters. The zero-order chi connectivity index (χ0) is 15.1. The molecule has 0 saturated carbocycles. The number of imide groups is 1. The average molecular weight is 291 g/mol. The molecule has 3 aromatic heterocycles. The van der Waals surface area contributed by atoms with E-state index in [0.29, 0.717) is 17.0 Å². The fourth-order valence-corrected chi connectivity index (χ4v) is 2.48. The summed E-state index contributed by atoms with van der Waals surface area (Å²) in [5, 5.41) is 3.16. The molecule has 0 fully saturated rings. The topological polar surface area (TPSA) is 101 Å². The van der Waals surface area contributed by atoms with E-state index in [2.05, 4.69) is 25.3 Å². The van der Waals surface area contributed by atoms with Crippen LogP contribution in [-0.4, -0.2) is 31.8 Å². The highest BCUT2D eigenvalue weighted by atomic mass is 16.2. The second kappa shape index (κ2) is 4.59. The molecular formula is C15H9N5O2. The van der Waals surface area contributed by atoms with Crippen molar-refractivity contribution in [1.82, 2.24) is 25.3 Å². The number of hydrogen-bond acceptors (Lipinski definition) is 5. The molecule has 106 valence electrons. The molecule has 22 heavy (non-hydrogen) atoms. The number of amides is 2. The predicted molar refractivity (Wildman–Crippen MR) is 78.1 cm³/mol. The van der Waals surface area contributed by atoms with Gasteiger partial charge in [0, 0.05) is 24.0 Å². The van der Waals surface area contributed by atoms with Gasteiger partial charge in [0.25, 0.3) is 11.8 Å². The number of aromatic nitrogens is 4. The van der Waals surface area contributed by atoms with E-state index in [4.69, 9.17) is 0 Å². The summed E-state index contributed by atoms with van der Waals surface area (Å²) in [7, 11) is 0. The lowest BCUT2D eigenvalue weighted by atomic mass is 10.0. The van der Waals surface area contributed by atoms with Crippen molar-refractivity contribution in [2.24, 2.45) is 0 Å². The van der Waals surface area contributed by atoms with Crippen LogP contribution in [-0.2, 0) is 9.59 Å². The minimum atomic E-state index is -0.480. The van der Waals surface area contributed by atoms with E-state index in [0.717, 1.165) is 5.39 Å². The maximum Gasteiger partial charge on any atom is 0.261 e. The van der Waals surface area contributed by atoms with Crippen LogP contribution in [0.1, 0.15) is 11.4 Å². The van der Waals surface area contributed by atoms with Crippen LogP contribution in [0.4, 0.5) is 0 Å². The minimum absolute atomic E-state index is 0.213. The third kappa shape index (κ3) is 1.80. The average Bonchev–Trinajstić information content (AvgIpc) is 3.08. The Kier molecular flexibility index (Phi) is 2.59. The van der Waals surface area contributed by atoms with Gasteiger partial charge in [0.05, 0.1) is 28.7 Å². The Bertz CT molecular complexity index is 910. The van der Waals surface area contributed by atoms with E-state index >= 15 is 0 Å². The van der Waals surface area contributed by atoms with Gasteiger partial charge in [0.15, 0.2) is 0 Å². The fraction of sp³-hybridized carbons (Fsp3) is 0. The molecule has 3 aromatic rings. The van der Waals surface area contributed by atoms with E-state index in [9.17, 15) is 9.59 Å². The summed E-state index contributed by atoms with van der Waals surface area (Å²) in [5.41, 5.74) is 1.99. The zero-order valence-electron chi connectivity index (χ0n) is 11.2. The molecule has 0 unspecified atom stereocenters. The van der Waals surface area contributed by atoms with E-state index < -0.39 is 11.8 Å². The maximum absolute atomic E-state index is 12.2. The Morgan fingerprint density at radius 3 is 2.59 bits per heavy atom. The second-order valence-corrected chi connectivity index (χ2v) is 4.75. The minimum Gasteiger partial charge on any atom is -0.339 e. The fourth-order valence-electron chi connectivity index (χ4n) is 2.48. The molecule has 1 aliphatic rings. The third-order valence-corrected chi connectivity index (χ3v) is 3.41. The molecule has 4 heterocycles. The van der Waals surface area contributed by atoms with Gasteiger partial charge >= 0.3 is 0 Å². The van der Waals surface area contributed by atoms with Crippen LogP contribution in [0.2, 0.25) is 0 Å². The molecule has 0 spiro atoms. The largest absolute Gasteiger partial charge is 0.339 e.